The number of hydrogen-bond donors (Lipinski definition) is 1. The summed E-state index contributed by atoms with van der Waals surface area (Å²) in [6, 6.07) is 3.41. The predicted octanol–water partition coefficient (Wildman–Crippen LogP) is 2.12. The summed E-state index contributed by atoms with van der Waals surface area (Å²) in [5.41, 5.74) is 5.60. The minimum Gasteiger partial charge on any atom is -0.382 e. The molecule has 1 aromatic rings. The number of nitrogen functional groups attached to an aromatic ring is 1. The first kappa shape index (κ1) is 12.4. The molecule has 1 saturated heterocycles. The number of rotatable bonds is 5. The minimum atomic E-state index is 0.617. The second kappa shape index (κ2) is 5.54. The molecule has 0 aromatic carbocycles. The third kappa shape index (κ3) is 3.00. The summed E-state index contributed by atoms with van der Waals surface area (Å²) in [6.45, 7) is 6.79. The molecule has 2 N–H and O–H groups in total. The SMILES string of the molecule is CCC1CCC(C)N1CCCn1ccc(N)n1. The quantitative estimate of drug-likeness (QED) is 0.852. The zero-order valence-corrected chi connectivity index (χ0v) is 11.0. The number of aromatic nitrogens is 2. The lowest BCUT2D eigenvalue weighted by atomic mass is 10.1. The Morgan fingerprint density at radius 2 is 2.24 bits per heavy atom. The molecule has 4 heteroatoms. The lowest BCUT2D eigenvalue weighted by Gasteiger charge is -2.27. The van der Waals surface area contributed by atoms with Crippen LogP contribution in [0.15, 0.2) is 12.3 Å². The molecule has 0 amide bonds. The lowest BCUT2D eigenvalue weighted by molar-refractivity contribution is 0.192. The first-order chi connectivity index (χ1) is 8.20. The largest absolute Gasteiger partial charge is 0.382 e. The highest BCUT2D eigenvalue weighted by molar-refractivity contribution is 5.23. The van der Waals surface area contributed by atoms with Gasteiger partial charge in [0.15, 0.2) is 0 Å². The monoisotopic (exact) mass is 236 g/mol. The summed E-state index contributed by atoms with van der Waals surface area (Å²) in [7, 11) is 0. The van der Waals surface area contributed by atoms with Crippen molar-refractivity contribution in [3.8, 4) is 0 Å². The van der Waals surface area contributed by atoms with E-state index in [1.165, 1.54) is 25.8 Å². The Kier molecular flexibility index (Phi) is 4.05. The topological polar surface area (TPSA) is 47.1 Å². The van der Waals surface area contributed by atoms with E-state index in [4.69, 9.17) is 5.73 Å². The average molecular weight is 236 g/mol. The van der Waals surface area contributed by atoms with Gasteiger partial charge >= 0.3 is 0 Å². The average Bonchev–Trinajstić information content (AvgIpc) is 2.87. The van der Waals surface area contributed by atoms with Crippen molar-refractivity contribution in [3.63, 3.8) is 0 Å². The van der Waals surface area contributed by atoms with Crippen LogP contribution in [0.3, 0.4) is 0 Å². The maximum Gasteiger partial charge on any atom is 0.145 e. The Morgan fingerprint density at radius 1 is 1.41 bits per heavy atom. The fourth-order valence-corrected chi connectivity index (χ4v) is 2.88. The third-order valence-electron chi connectivity index (χ3n) is 3.89. The zero-order valence-electron chi connectivity index (χ0n) is 11.0. The van der Waals surface area contributed by atoms with Gasteiger partial charge in [0.2, 0.25) is 0 Å². The molecule has 1 aromatic heterocycles. The first-order valence-electron chi connectivity index (χ1n) is 6.75. The van der Waals surface area contributed by atoms with Crippen molar-refractivity contribution in [1.82, 2.24) is 14.7 Å². The summed E-state index contributed by atoms with van der Waals surface area (Å²) < 4.78 is 1.94. The smallest absolute Gasteiger partial charge is 0.145 e. The molecule has 1 aliphatic heterocycles. The van der Waals surface area contributed by atoms with Crippen molar-refractivity contribution < 1.29 is 0 Å². The molecule has 0 spiro atoms. The molecule has 0 bridgehead atoms. The predicted molar refractivity (Wildman–Crippen MR) is 70.7 cm³/mol. The Balaban J connectivity index is 1.77. The second-order valence-corrected chi connectivity index (χ2v) is 5.08. The van der Waals surface area contributed by atoms with Crippen molar-refractivity contribution in [2.75, 3.05) is 12.3 Å². The van der Waals surface area contributed by atoms with Gasteiger partial charge in [-0.2, -0.15) is 5.10 Å². The van der Waals surface area contributed by atoms with Crippen molar-refractivity contribution in [2.24, 2.45) is 0 Å². The molecular weight excluding hydrogens is 212 g/mol. The fraction of sp³-hybridized carbons (Fsp3) is 0.769. The van der Waals surface area contributed by atoms with E-state index in [-0.39, 0.29) is 0 Å². The van der Waals surface area contributed by atoms with Gasteiger partial charge in [-0.25, -0.2) is 0 Å². The molecule has 0 saturated carbocycles. The Morgan fingerprint density at radius 3 is 2.88 bits per heavy atom. The van der Waals surface area contributed by atoms with Crippen LogP contribution < -0.4 is 5.73 Å². The van der Waals surface area contributed by atoms with E-state index in [9.17, 15) is 0 Å². The minimum absolute atomic E-state index is 0.617. The molecule has 1 aliphatic rings. The zero-order chi connectivity index (χ0) is 12.3. The maximum absolute atomic E-state index is 5.60. The summed E-state index contributed by atoms with van der Waals surface area (Å²) in [6.07, 6.45) is 7.11. The highest BCUT2D eigenvalue weighted by Crippen LogP contribution is 2.25. The molecule has 0 radical (unpaired) electrons. The van der Waals surface area contributed by atoms with E-state index in [2.05, 4.69) is 23.8 Å². The molecule has 0 aliphatic carbocycles. The Hall–Kier alpha value is -1.03. The van der Waals surface area contributed by atoms with Crippen LogP contribution in [0.5, 0.6) is 0 Å². The highest BCUT2D eigenvalue weighted by Gasteiger charge is 2.28. The van der Waals surface area contributed by atoms with E-state index < -0.39 is 0 Å². The standard InChI is InChI=1S/C13H24N4/c1-3-12-6-5-11(2)17(12)9-4-8-16-10-7-13(14)15-16/h7,10-12H,3-6,8-9H2,1-2H3,(H2,14,15). The van der Waals surface area contributed by atoms with Crippen LogP contribution in [0.1, 0.15) is 39.5 Å². The van der Waals surface area contributed by atoms with Crippen LogP contribution in [0.2, 0.25) is 0 Å². The van der Waals surface area contributed by atoms with Crippen molar-refractivity contribution in [2.45, 2.75) is 58.2 Å². The highest BCUT2D eigenvalue weighted by atomic mass is 15.3. The van der Waals surface area contributed by atoms with Gasteiger partial charge in [0.1, 0.15) is 5.82 Å². The number of likely N-dealkylation sites (tertiary alicyclic amines) is 1. The molecular formula is C13H24N4. The first-order valence-corrected chi connectivity index (χ1v) is 6.75. The van der Waals surface area contributed by atoms with Crippen LogP contribution in [0.25, 0.3) is 0 Å². The van der Waals surface area contributed by atoms with E-state index in [0.29, 0.717) is 5.82 Å². The Labute approximate surface area is 104 Å². The number of nitrogens with zero attached hydrogens (tertiary/aromatic N) is 3. The summed E-state index contributed by atoms with van der Waals surface area (Å²) in [4.78, 5) is 2.66. The van der Waals surface area contributed by atoms with Crippen LogP contribution in [0, 0.1) is 0 Å². The molecule has 2 atom stereocenters. The van der Waals surface area contributed by atoms with Gasteiger partial charge in [0.05, 0.1) is 0 Å². The summed E-state index contributed by atoms with van der Waals surface area (Å²) in [5.74, 6) is 0.617. The van der Waals surface area contributed by atoms with Crippen molar-refractivity contribution >= 4 is 5.82 Å². The third-order valence-corrected chi connectivity index (χ3v) is 3.89. The van der Waals surface area contributed by atoms with Crippen LogP contribution in [-0.2, 0) is 6.54 Å². The van der Waals surface area contributed by atoms with Crippen molar-refractivity contribution in [1.29, 1.82) is 0 Å². The second-order valence-electron chi connectivity index (χ2n) is 5.08. The molecule has 17 heavy (non-hydrogen) atoms. The van der Waals surface area contributed by atoms with Gasteiger partial charge in [-0.1, -0.05) is 6.92 Å². The van der Waals surface area contributed by atoms with Crippen LogP contribution in [0.4, 0.5) is 5.82 Å². The number of aryl methyl sites for hydroxylation is 1. The van der Waals surface area contributed by atoms with Gasteiger partial charge in [0, 0.05) is 31.4 Å². The molecule has 2 heterocycles. The molecule has 2 unspecified atom stereocenters. The fourth-order valence-electron chi connectivity index (χ4n) is 2.88. The molecule has 4 nitrogen and oxygen atoms in total. The normalized spacial score (nSPS) is 25.5. The van der Waals surface area contributed by atoms with Crippen LogP contribution in [-0.4, -0.2) is 33.3 Å². The molecule has 96 valence electrons. The van der Waals surface area contributed by atoms with Gasteiger partial charge in [-0.15, -0.1) is 0 Å². The maximum atomic E-state index is 5.60. The number of hydrogen-bond acceptors (Lipinski definition) is 3. The van der Waals surface area contributed by atoms with E-state index in [1.54, 1.807) is 0 Å². The van der Waals surface area contributed by atoms with E-state index >= 15 is 0 Å². The van der Waals surface area contributed by atoms with Gasteiger partial charge < -0.3 is 5.73 Å². The summed E-state index contributed by atoms with van der Waals surface area (Å²) >= 11 is 0. The van der Waals surface area contributed by atoms with Gasteiger partial charge in [0.25, 0.3) is 0 Å². The number of nitrogens with two attached hydrogens (primary N) is 1. The molecule has 2 rings (SSSR count). The van der Waals surface area contributed by atoms with Crippen molar-refractivity contribution in [3.05, 3.63) is 12.3 Å². The van der Waals surface area contributed by atoms with Crippen LogP contribution >= 0.6 is 0 Å². The Bertz CT molecular complexity index is 347. The van der Waals surface area contributed by atoms with E-state index in [0.717, 1.165) is 25.0 Å². The lowest BCUT2D eigenvalue weighted by Crippen LogP contribution is -2.35. The number of anilines is 1. The van der Waals surface area contributed by atoms with Gasteiger partial charge in [-0.3, -0.25) is 9.58 Å². The molecule has 1 fully saturated rings. The summed E-state index contributed by atoms with van der Waals surface area (Å²) in [5, 5.41) is 4.21. The van der Waals surface area contributed by atoms with E-state index in [1.807, 2.05) is 16.9 Å². The van der Waals surface area contributed by atoms with Gasteiger partial charge in [-0.05, 0) is 38.7 Å².